The fourth-order valence-electron chi connectivity index (χ4n) is 2.56. The molecule has 27 heavy (non-hydrogen) atoms. The minimum Gasteiger partial charge on any atom is -0.478 e. The molecule has 136 valence electrons. The second-order valence-electron chi connectivity index (χ2n) is 5.68. The standard InChI is InChI=1S/C18H12BrN3O5/c1-10-14(7-11-5-6-15(19)16(8-11)22(26)27)17(23)21(20-10)13-4-2-3-12(9-13)18(24)25/h2-9H,1H3,(H,24,25)/b14-7-. The van der Waals surface area contributed by atoms with Crippen LogP contribution in [0.1, 0.15) is 22.8 Å². The van der Waals surface area contributed by atoms with Crippen molar-refractivity contribution < 1.29 is 19.6 Å². The van der Waals surface area contributed by atoms with Crippen LogP contribution in [0.25, 0.3) is 6.08 Å². The van der Waals surface area contributed by atoms with E-state index in [1.807, 2.05) is 0 Å². The molecule has 1 aliphatic rings. The molecule has 1 amide bonds. The van der Waals surface area contributed by atoms with Crippen LogP contribution in [0.3, 0.4) is 0 Å². The van der Waals surface area contributed by atoms with Crippen LogP contribution in [0.2, 0.25) is 0 Å². The summed E-state index contributed by atoms with van der Waals surface area (Å²) in [4.78, 5) is 34.4. The molecule has 0 saturated heterocycles. The van der Waals surface area contributed by atoms with Crippen molar-refractivity contribution in [2.75, 3.05) is 5.01 Å². The van der Waals surface area contributed by atoms with Gasteiger partial charge >= 0.3 is 5.97 Å². The highest BCUT2D eigenvalue weighted by Crippen LogP contribution is 2.29. The summed E-state index contributed by atoms with van der Waals surface area (Å²) in [7, 11) is 0. The molecule has 0 fully saturated rings. The van der Waals surface area contributed by atoms with E-state index in [0.717, 1.165) is 5.01 Å². The summed E-state index contributed by atoms with van der Waals surface area (Å²) in [5, 5.41) is 25.5. The average molecular weight is 430 g/mol. The summed E-state index contributed by atoms with van der Waals surface area (Å²) in [6, 6.07) is 10.4. The minimum absolute atomic E-state index is 0.0362. The Morgan fingerprint density at radius 3 is 2.70 bits per heavy atom. The third-order valence-electron chi connectivity index (χ3n) is 3.88. The molecule has 3 rings (SSSR count). The Labute approximate surface area is 161 Å². The van der Waals surface area contributed by atoms with Crippen LogP contribution < -0.4 is 5.01 Å². The monoisotopic (exact) mass is 429 g/mol. The summed E-state index contributed by atoms with van der Waals surface area (Å²) in [6.45, 7) is 1.64. The number of hydrogen-bond acceptors (Lipinski definition) is 5. The number of carboxylic acid groups (broad SMARTS) is 1. The molecule has 2 aromatic carbocycles. The quantitative estimate of drug-likeness (QED) is 0.450. The number of halogens is 1. The van der Waals surface area contributed by atoms with Gasteiger partial charge in [-0.25, -0.2) is 4.79 Å². The first-order chi connectivity index (χ1) is 12.8. The van der Waals surface area contributed by atoms with Gasteiger partial charge in [0.05, 0.1) is 31.9 Å². The Balaban J connectivity index is 1.97. The Bertz CT molecular complexity index is 1050. The Morgan fingerprint density at radius 1 is 1.30 bits per heavy atom. The molecule has 0 spiro atoms. The number of rotatable bonds is 4. The van der Waals surface area contributed by atoms with Gasteiger partial charge in [-0.05, 0) is 58.8 Å². The zero-order valence-corrected chi connectivity index (χ0v) is 15.5. The smallest absolute Gasteiger partial charge is 0.335 e. The molecule has 0 radical (unpaired) electrons. The van der Waals surface area contributed by atoms with Gasteiger partial charge < -0.3 is 5.11 Å². The van der Waals surface area contributed by atoms with Crippen LogP contribution in [0.5, 0.6) is 0 Å². The number of nitrogens with zero attached hydrogens (tertiary/aromatic N) is 3. The number of carboxylic acids is 1. The van der Waals surface area contributed by atoms with Crippen molar-refractivity contribution in [1.29, 1.82) is 0 Å². The van der Waals surface area contributed by atoms with Crippen molar-refractivity contribution in [3.8, 4) is 0 Å². The summed E-state index contributed by atoms with van der Waals surface area (Å²) >= 11 is 3.12. The van der Waals surface area contributed by atoms with E-state index in [9.17, 15) is 19.7 Å². The highest BCUT2D eigenvalue weighted by molar-refractivity contribution is 9.10. The highest BCUT2D eigenvalue weighted by Gasteiger charge is 2.29. The minimum atomic E-state index is -1.11. The summed E-state index contributed by atoms with van der Waals surface area (Å²) in [6.07, 6.45) is 1.52. The summed E-state index contributed by atoms with van der Waals surface area (Å²) in [5.74, 6) is -1.55. The Morgan fingerprint density at radius 2 is 2.04 bits per heavy atom. The molecule has 1 N–H and O–H groups in total. The Hall–Kier alpha value is -3.33. The number of carbonyl (C=O) groups is 2. The topological polar surface area (TPSA) is 113 Å². The van der Waals surface area contributed by atoms with Gasteiger partial charge in [0.2, 0.25) is 0 Å². The van der Waals surface area contributed by atoms with Gasteiger partial charge in [-0.1, -0.05) is 12.1 Å². The molecule has 0 atom stereocenters. The van der Waals surface area contributed by atoms with Gasteiger partial charge in [-0.3, -0.25) is 14.9 Å². The molecule has 0 unspecified atom stereocenters. The van der Waals surface area contributed by atoms with Gasteiger partial charge in [-0.2, -0.15) is 10.1 Å². The van der Waals surface area contributed by atoms with Gasteiger partial charge in [-0.15, -0.1) is 0 Å². The zero-order chi connectivity index (χ0) is 19.7. The molecule has 9 heteroatoms. The van der Waals surface area contributed by atoms with Crippen LogP contribution in [-0.4, -0.2) is 27.6 Å². The average Bonchev–Trinajstić information content (AvgIpc) is 2.91. The fraction of sp³-hybridized carbons (Fsp3) is 0.0556. The molecule has 1 aliphatic heterocycles. The van der Waals surface area contributed by atoms with E-state index in [1.54, 1.807) is 19.1 Å². The maximum atomic E-state index is 12.7. The Kier molecular flexibility index (Phi) is 4.87. The molecule has 0 aliphatic carbocycles. The van der Waals surface area contributed by atoms with Crippen LogP contribution in [0.4, 0.5) is 11.4 Å². The normalized spacial score (nSPS) is 15.2. The van der Waals surface area contributed by atoms with Crippen LogP contribution in [-0.2, 0) is 4.79 Å². The van der Waals surface area contributed by atoms with Crippen LogP contribution >= 0.6 is 15.9 Å². The number of benzene rings is 2. The van der Waals surface area contributed by atoms with Crippen molar-refractivity contribution in [1.82, 2.24) is 0 Å². The number of carbonyl (C=O) groups excluding carboxylic acids is 1. The maximum Gasteiger partial charge on any atom is 0.335 e. The number of amides is 1. The van der Waals surface area contributed by atoms with E-state index in [4.69, 9.17) is 5.11 Å². The van der Waals surface area contributed by atoms with Gasteiger partial charge in [0.25, 0.3) is 11.6 Å². The van der Waals surface area contributed by atoms with Gasteiger partial charge in [0, 0.05) is 6.07 Å². The van der Waals surface area contributed by atoms with E-state index in [0.29, 0.717) is 21.4 Å². The van der Waals surface area contributed by atoms with Gasteiger partial charge in [0.1, 0.15) is 0 Å². The molecule has 2 aromatic rings. The maximum absolute atomic E-state index is 12.7. The predicted molar refractivity (Wildman–Crippen MR) is 103 cm³/mol. The molecule has 0 bridgehead atoms. The molecule has 0 saturated carbocycles. The predicted octanol–water partition coefficient (Wildman–Crippen LogP) is 3.86. The van der Waals surface area contributed by atoms with E-state index >= 15 is 0 Å². The van der Waals surface area contributed by atoms with E-state index in [-0.39, 0.29) is 16.8 Å². The van der Waals surface area contributed by atoms with Crippen LogP contribution in [0.15, 0.2) is 57.6 Å². The first kappa shape index (κ1) is 18.5. The van der Waals surface area contributed by atoms with Crippen molar-refractivity contribution in [2.45, 2.75) is 6.92 Å². The third kappa shape index (κ3) is 3.63. The number of aromatic carboxylic acids is 1. The number of hydrazone groups is 1. The number of hydrogen-bond donors (Lipinski definition) is 1. The fourth-order valence-corrected chi connectivity index (χ4v) is 2.95. The van der Waals surface area contributed by atoms with Crippen LogP contribution in [0, 0.1) is 10.1 Å². The van der Waals surface area contributed by atoms with E-state index in [2.05, 4.69) is 21.0 Å². The van der Waals surface area contributed by atoms with Crippen molar-refractivity contribution in [3.63, 3.8) is 0 Å². The summed E-state index contributed by atoms with van der Waals surface area (Å²) in [5.41, 5.74) is 1.41. The second-order valence-corrected chi connectivity index (χ2v) is 6.54. The summed E-state index contributed by atoms with van der Waals surface area (Å²) < 4.78 is 0.338. The molecular weight excluding hydrogens is 418 g/mol. The lowest BCUT2D eigenvalue weighted by atomic mass is 10.1. The first-order valence-electron chi connectivity index (χ1n) is 7.67. The number of anilines is 1. The molecule has 8 nitrogen and oxygen atoms in total. The second kappa shape index (κ2) is 7.12. The SMILES string of the molecule is CC1=NN(c2cccc(C(=O)O)c2)C(=O)/C1=C\c1ccc(Br)c([N+](=O)[O-])c1. The lowest BCUT2D eigenvalue weighted by Gasteiger charge is -2.12. The van der Waals surface area contributed by atoms with E-state index < -0.39 is 16.8 Å². The molecule has 0 aromatic heterocycles. The van der Waals surface area contributed by atoms with E-state index in [1.165, 1.54) is 36.4 Å². The number of nitro benzene ring substituents is 1. The lowest BCUT2D eigenvalue weighted by molar-refractivity contribution is -0.385. The van der Waals surface area contributed by atoms with Crippen molar-refractivity contribution >= 4 is 51.0 Å². The number of nitro groups is 1. The lowest BCUT2D eigenvalue weighted by Crippen LogP contribution is -2.21. The van der Waals surface area contributed by atoms with Crippen molar-refractivity contribution in [2.24, 2.45) is 5.10 Å². The van der Waals surface area contributed by atoms with Gasteiger partial charge in [0.15, 0.2) is 0 Å². The van der Waals surface area contributed by atoms with Crippen molar-refractivity contribution in [3.05, 3.63) is 73.8 Å². The zero-order valence-electron chi connectivity index (χ0n) is 13.9. The molecule has 1 heterocycles. The first-order valence-corrected chi connectivity index (χ1v) is 8.46. The molecular formula is C18H12BrN3O5. The largest absolute Gasteiger partial charge is 0.478 e. The third-order valence-corrected chi connectivity index (χ3v) is 4.55. The highest BCUT2D eigenvalue weighted by atomic mass is 79.9.